The second-order valence-electron chi connectivity index (χ2n) is 6.64. The van der Waals surface area contributed by atoms with Crippen molar-refractivity contribution in [3.63, 3.8) is 0 Å². The van der Waals surface area contributed by atoms with Crippen molar-refractivity contribution in [1.82, 2.24) is 5.16 Å². The van der Waals surface area contributed by atoms with Crippen LogP contribution < -0.4 is 10.1 Å². The summed E-state index contributed by atoms with van der Waals surface area (Å²) in [6.45, 7) is 0.280. The number of nitrogens with one attached hydrogen (secondary N) is 1. The number of benzene rings is 3. The topological polar surface area (TPSA) is 88.1 Å². The van der Waals surface area contributed by atoms with E-state index in [0.29, 0.717) is 17.0 Å². The number of carbonyl (C=O) groups excluding carboxylic acids is 1. The van der Waals surface area contributed by atoms with Crippen LogP contribution in [0.4, 0.5) is 10.1 Å². The molecule has 0 fully saturated rings. The van der Waals surface area contributed by atoms with E-state index in [0.717, 1.165) is 5.56 Å². The summed E-state index contributed by atoms with van der Waals surface area (Å²) in [5.41, 5.74) is 2.17. The summed E-state index contributed by atoms with van der Waals surface area (Å²) in [7, 11) is 0. The van der Waals surface area contributed by atoms with E-state index in [4.69, 9.17) is 14.5 Å². The number of rotatable bonds is 6. The fourth-order valence-electron chi connectivity index (χ4n) is 2.93. The Kier molecular flexibility index (Phi) is 5.72. The lowest BCUT2D eigenvalue weighted by molar-refractivity contribution is 0.101. The highest BCUT2D eigenvalue weighted by Gasteiger charge is 2.16. The molecule has 0 saturated heterocycles. The minimum absolute atomic E-state index is 0.0258. The number of nitriles is 1. The van der Waals surface area contributed by atoms with E-state index < -0.39 is 11.7 Å². The van der Waals surface area contributed by atoms with Gasteiger partial charge in [0.15, 0.2) is 11.5 Å². The van der Waals surface area contributed by atoms with Gasteiger partial charge in [-0.2, -0.15) is 5.26 Å². The van der Waals surface area contributed by atoms with Gasteiger partial charge in [0.1, 0.15) is 18.2 Å². The van der Waals surface area contributed by atoms with Crippen LogP contribution in [-0.4, -0.2) is 11.1 Å². The summed E-state index contributed by atoms with van der Waals surface area (Å²) in [6.07, 6.45) is 0. The largest absolute Gasteiger partial charge is 0.489 e. The Morgan fingerprint density at radius 1 is 1.06 bits per heavy atom. The van der Waals surface area contributed by atoms with E-state index in [1.807, 2.05) is 6.07 Å². The fraction of sp³-hybridized carbons (Fsp3) is 0.0417. The predicted octanol–water partition coefficient (Wildman–Crippen LogP) is 5.18. The van der Waals surface area contributed by atoms with E-state index >= 15 is 0 Å². The molecule has 0 aliphatic rings. The average molecular weight is 413 g/mol. The molecule has 4 rings (SSSR count). The van der Waals surface area contributed by atoms with Crippen molar-refractivity contribution in [2.24, 2.45) is 0 Å². The monoisotopic (exact) mass is 413 g/mol. The van der Waals surface area contributed by atoms with Crippen LogP contribution in [0.5, 0.6) is 5.75 Å². The van der Waals surface area contributed by atoms with Crippen molar-refractivity contribution in [3.05, 3.63) is 102 Å². The third-order valence-electron chi connectivity index (χ3n) is 4.44. The zero-order chi connectivity index (χ0) is 21.6. The molecule has 6 nitrogen and oxygen atoms in total. The molecule has 0 aliphatic heterocycles. The molecular formula is C24H16FN3O3. The lowest BCUT2D eigenvalue weighted by Crippen LogP contribution is -2.12. The Labute approximate surface area is 177 Å². The van der Waals surface area contributed by atoms with Crippen LogP contribution in [-0.2, 0) is 6.61 Å². The van der Waals surface area contributed by atoms with Crippen molar-refractivity contribution in [1.29, 1.82) is 5.26 Å². The Balaban J connectivity index is 1.42. The molecule has 0 aliphatic carbocycles. The summed E-state index contributed by atoms with van der Waals surface area (Å²) in [5, 5.41) is 15.4. The molecule has 0 bridgehead atoms. The van der Waals surface area contributed by atoms with Gasteiger partial charge < -0.3 is 14.6 Å². The summed E-state index contributed by atoms with van der Waals surface area (Å²) in [6, 6.07) is 23.6. The molecule has 4 aromatic rings. The number of ether oxygens (including phenoxy) is 1. The molecule has 1 amide bonds. The van der Waals surface area contributed by atoms with Crippen LogP contribution in [0, 0.1) is 17.1 Å². The molecule has 152 valence electrons. The van der Waals surface area contributed by atoms with E-state index in [2.05, 4.69) is 16.5 Å². The standard InChI is InChI=1S/C24H16FN3O3/c25-21-10-2-1-9-20(21)23-13-22(28-31-23)24(29)27-18-7-4-8-19(12-18)30-15-17-6-3-5-16(11-17)14-26/h1-13H,15H2,(H,27,29). The molecule has 0 atom stereocenters. The normalized spacial score (nSPS) is 10.3. The van der Waals surface area contributed by atoms with Crippen LogP contribution >= 0.6 is 0 Å². The van der Waals surface area contributed by atoms with Crippen molar-refractivity contribution < 1.29 is 18.4 Å². The minimum Gasteiger partial charge on any atom is -0.489 e. The molecule has 7 heteroatoms. The van der Waals surface area contributed by atoms with Crippen LogP contribution in [0.2, 0.25) is 0 Å². The van der Waals surface area contributed by atoms with Crippen molar-refractivity contribution >= 4 is 11.6 Å². The van der Waals surface area contributed by atoms with Gasteiger partial charge in [-0.1, -0.05) is 35.5 Å². The molecule has 1 heterocycles. The molecule has 3 aromatic carbocycles. The summed E-state index contributed by atoms with van der Waals surface area (Å²) < 4.78 is 24.8. The van der Waals surface area contributed by atoms with Crippen LogP contribution in [0.1, 0.15) is 21.6 Å². The molecule has 1 aromatic heterocycles. The molecule has 31 heavy (non-hydrogen) atoms. The number of hydrogen-bond donors (Lipinski definition) is 1. The van der Waals surface area contributed by atoms with Gasteiger partial charge in [0.25, 0.3) is 5.91 Å². The first-order valence-corrected chi connectivity index (χ1v) is 9.37. The molecule has 0 saturated carbocycles. The smallest absolute Gasteiger partial charge is 0.277 e. The maximum atomic E-state index is 13.9. The lowest BCUT2D eigenvalue weighted by Gasteiger charge is -2.09. The molecular weight excluding hydrogens is 397 g/mol. The number of halogens is 1. The SMILES string of the molecule is N#Cc1cccc(COc2cccc(NC(=O)c3cc(-c4ccccc4F)on3)c2)c1. The van der Waals surface area contributed by atoms with Crippen LogP contribution in [0.15, 0.2) is 83.4 Å². The first-order valence-electron chi connectivity index (χ1n) is 9.37. The number of hydrogen-bond acceptors (Lipinski definition) is 5. The van der Waals surface area contributed by atoms with E-state index in [-0.39, 0.29) is 23.6 Å². The summed E-state index contributed by atoms with van der Waals surface area (Å²) in [5.74, 6) is -0.242. The lowest BCUT2D eigenvalue weighted by atomic mass is 10.1. The maximum absolute atomic E-state index is 13.9. The van der Waals surface area contributed by atoms with Gasteiger partial charge in [0.2, 0.25) is 0 Å². The second kappa shape index (κ2) is 8.93. The highest BCUT2D eigenvalue weighted by Crippen LogP contribution is 2.24. The Bertz CT molecular complexity index is 1280. The van der Waals surface area contributed by atoms with Crippen molar-refractivity contribution in [3.8, 4) is 23.1 Å². The second-order valence-corrected chi connectivity index (χ2v) is 6.64. The highest BCUT2D eigenvalue weighted by atomic mass is 19.1. The van der Waals surface area contributed by atoms with Gasteiger partial charge in [-0.3, -0.25) is 4.79 Å². The van der Waals surface area contributed by atoms with E-state index in [9.17, 15) is 9.18 Å². The van der Waals surface area contributed by atoms with E-state index in [1.165, 1.54) is 12.1 Å². The van der Waals surface area contributed by atoms with Crippen LogP contribution in [0.25, 0.3) is 11.3 Å². The summed E-state index contributed by atoms with van der Waals surface area (Å²) >= 11 is 0. The van der Waals surface area contributed by atoms with Gasteiger partial charge in [0, 0.05) is 17.8 Å². The number of carbonyl (C=O) groups is 1. The summed E-state index contributed by atoms with van der Waals surface area (Å²) in [4.78, 5) is 12.5. The highest BCUT2D eigenvalue weighted by molar-refractivity contribution is 6.03. The first kappa shape index (κ1) is 19.9. The predicted molar refractivity (Wildman–Crippen MR) is 112 cm³/mol. The maximum Gasteiger partial charge on any atom is 0.277 e. The molecule has 0 spiro atoms. The Morgan fingerprint density at radius 3 is 2.74 bits per heavy atom. The number of amides is 1. The molecule has 0 unspecified atom stereocenters. The van der Waals surface area contributed by atoms with Crippen molar-refractivity contribution in [2.75, 3.05) is 5.32 Å². The molecule has 1 N–H and O–H groups in total. The third kappa shape index (κ3) is 4.77. The number of aromatic nitrogens is 1. The Morgan fingerprint density at radius 2 is 1.90 bits per heavy atom. The van der Waals surface area contributed by atoms with Gasteiger partial charge in [-0.25, -0.2) is 4.39 Å². The average Bonchev–Trinajstić information content (AvgIpc) is 3.29. The third-order valence-corrected chi connectivity index (χ3v) is 4.44. The first-order chi connectivity index (χ1) is 15.1. The fourth-order valence-corrected chi connectivity index (χ4v) is 2.93. The zero-order valence-electron chi connectivity index (χ0n) is 16.2. The quantitative estimate of drug-likeness (QED) is 0.470. The van der Waals surface area contributed by atoms with Crippen molar-refractivity contribution in [2.45, 2.75) is 6.61 Å². The zero-order valence-corrected chi connectivity index (χ0v) is 16.2. The van der Waals surface area contributed by atoms with Gasteiger partial charge in [0.05, 0.1) is 17.2 Å². The van der Waals surface area contributed by atoms with Gasteiger partial charge in [-0.15, -0.1) is 0 Å². The molecule has 0 radical (unpaired) electrons. The van der Waals surface area contributed by atoms with Gasteiger partial charge in [-0.05, 0) is 42.0 Å². The number of nitrogens with zero attached hydrogens (tertiary/aromatic N) is 2. The van der Waals surface area contributed by atoms with E-state index in [1.54, 1.807) is 60.7 Å². The Hall–Kier alpha value is -4.44. The van der Waals surface area contributed by atoms with Gasteiger partial charge >= 0.3 is 0 Å². The minimum atomic E-state index is -0.495. The van der Waals surface area contributed by atoms with Crippen LogP contribution in [0.3, 0.4) is 0 Å². The number of anilines is 1.